The van der Waals surface area contributed by atoms with E-state index < -0.39 is 11.6 Å². The molecule has 1 aromatic heterocycles. The van der Waals surface area contributed by atoms with Crippen LogP contribution in [-0.2, 0) is 6.42 Å². The number of hydrogen-bond acceptors (Lipinski definition) is 4. The van der Waals surface area contributed by atoms with Crippen molar-refractivity contribution >= 4 is 17.0 Å². The van der Waals surface area contributed by atoms with Crippen LogP contribution in [0.5, 0.6) is 0 Å². The maximum absolute atomic E-state index is 11.0. The molecule has 7 nitrogen and oxygen atoms in total. The zero-order chi connectivity index (χ0) is 19.6. The number of benzene rings is 1. The molecule has 0 spiro atoms. The van der Waals surface area contributed by atoms with Gasteiger partial charge in [0.2, 0.25) is 0 Å². The summed E-state index contributed by atoms with van der Waals surface area (Å²) < 4.78 is 1.99. The van der Waals surface area contributed by atoms with E-state index in [1.54, 1.807) is 19.9 Å². The average Bonchev–Trinajstić information content (AvgIpc) is 3.02. The lowest BCUT2D eigenvalue weighted by Crippen LogP contribution is -2.44. The molecule has 0 aliphatic heterocycles. The van der Waals surface area contributed by atoms with Crippen LogP contribution in [0, 0.1) is 17.2 Å². The molecule has 1 fully saturated rings. The number of aliphatic hydroxyl groups is 1. The highest BCUT2D eigenvalue weighted by Crippen LogP contribution is 2.33. The van der Waals surface area contributed by atoms with Crippen molar-refractivity contribution in [3.05, 3.63) is 29.5 Å². The second-order valence-electron chi connectivity index (χ2n) is 8.14. The molecule has 0 unspecified atom stereocenters. The molecule has 2 aromatic rings. The molecule has 1 heterocycles. The Morgan fingerprint density at radius 1 is 1.37 bits per heavy atom. The normalized spacial score (nSPS) is 20.4. The van der Waals surface area contributed by atoms with Crippen LogP contribution in [0.1, 0.15) is 56.7 Å². The number of carboxylic acid groups (broad SMARTS) is 1. The van der Waals surface area contributed by atoms with Crippen LogP contribution >= 0.6 is 0 Å². The van der Waals surface area contributed by atoms with E-state index in [2.05, 4.69) is 16.5 Å². The van der Waals surface area contributed by atoms with Crippen LogP contribution in [0.3, 0.4) is 0 Å². The van der Waals surface area contributed by atoms with E-state index in [1.165, 1.54) is 0 Å². The molecule has 0 bridgehead atoms. The molecule has 3 N–H and O–H groups in total. The van der Waals surface area contributed by atoms with Crippen molar-refractivity contribution in [2.45, 2.75) is 57.5 Å². The fourth-order valence-electron chi connectivity index (χ4n) is 3.98. The van der Waals surface area contributed by atoms with Crippen molar-refractivity contribution in [2.75, 3.05) is 6.61 Å². The Morgan fingerprint density at radius 3 is 2.67 bits per heavy atom. The number of nitrogens with zero attached hydrogens (tertiary/aromatic N) is 3. The summed E-state index contributed by atoms with van der Waals surface area (Å²) in [6, 6.07) is 6.27. The first-order chi connectivity index (χ1) is 12.8. The second-order valence-corrected chi connectivity index (χ2v) is 8.14. The number of nitriles is 1. The van der Waals surface area contributed by atoms with Gasteiger partial charge in [-0.2, -0.15) is 10.4 Å². The molecular formula is C20H26N4O3. The zero-order valence-electron chi connectivity index (χ0n) is 15.8. The molecule has 1 saturated carbocycles. The molecule has 1 aromatic carbocycles. The summed E-state index contributed by atoms with van der Waals surface area (Å²) in [5.74, 6) is 0.395. The maximum atomic E-state index is 11.0. The molecule has 1 amide bonds. The van der Waals surface area contributed by atoms with Crippen LogP contribution in [-0.4, -0.2) is 38.2 Å². The van der Waals surface area contributed by atoms with Gasteiger partial charge in [0.05, 0.1) is 23.2 Å². The minimum atomic E-state index is -1.08. The molecular weight excluding hydrogens is 344 g/mol. The summed E-state index contributed by atoms with van der Waals surface area (Å²) in [6.07, 6.45) is 5.35. The third-order valence-electron chi connectivity index (χ3n) is 5.39. The standard InChI is InChI=1S/C20H26N4O3/c1-20(2,22-19(26)27)9-14-7-16-11-24(23-18(16)8-15(14)10-21)17-5-3-13(12-25)4-6-17/h7-8,11,13,17,22,25H,3-6,9,12H2,1-2H3,(H,26,27). The number of fused-ring (bicyclic) bond motifs is 1. The van der Waals surface area contributed by atoms with E-state index in [1.807, 2.05) is 16.9 Å². The average molecular weight is 370 g/mol. The molecule has 144 valence electrons. The largest absolute Gasteiger partial charge is 0.465 e. The van der Waals surface area contributed by atoms with E-state index >= 15 is 0 Å². The fraction of sp³-hybridized carbons (Fsp3) is 0.550. The summed E-state index contributed by atoms with van der Waals surface area (Å²) >= 11 is 0. The molecule has 0 saturated heterocycles. The fourth-order valence-corrected chi connectivity index (χ4v) is 3.98. The summed E-state index contributed by atoms with van der Waals surface area (Å²) in [7, 11) is 0. The van der Waals surface area contributed by atoms with Crippen LogP contribution in [0.25, 0.3) is 10.9 Å². The number of hydrogen-bond donors (Lipinski definition) is 3. The first-order valence-corrected chi connectivity index (χ1v) is 9.35. The first kappa shape index (κ1) is 19.2. The van der Waals surface area contributed by atoms with Crippen molar-refractivity contribution in [1.29, 1.82) is 5.26 Å². The van der Waals surface area contributed by atoms with E-state index in [0.29, 0.717) is 23.9 Å². The minimum Gasteiger partial charge on any atom is -0.465 e. The van der Waals surface area contributed by atoms with E-state index in [-0.39, 0.29) is 6.61 Å². The predicted molar refractivity (Wildman–Crippen MR) is 101 cm³/mol. The number of rotatable bonds is 5. The van der Waals surface area contributed by atoms with Crippen molar-refractivity contribution < 1.29 is 15.0 Å². The van der Waals surface area contributed by atoms with Crippen LogP contribution in [0.4, 0.5) is 4.79 Å². The van der Waals surface area contributed by atoms with E-state index in [4.69, 9.17) is 5.11 Å². The van der Waals surface area contributed by atoms with Crippen molar-refractivity contribution in [3.8, 4) is 6.07 Å². The highest BCUT2D eigenvalue weighted by atomic mass is 16.4. The van der Waals surface area contributed by atoms with Gasteiger partial charge >= 0.3 is 6.09 Å². The molecule has 1 aliphatic rings. The lowest BCUT2D eigenvalue weighted by Gasteiger charge is -2.27. The molecule has 3 rings (SSSR count). The molecule has 27 heavy (non-hydrogen) atoms. The van der Waals surface area contributed by atoms with Gasteiger partial charge < -0.3 is 15.5 Å². The van der Waals surface area contributed by atoms with Gasteiger partial charge in [0, 0.05) is 23.7 Å². The quantitative estimate of drug-likeness (QED) is 0.748. The lowest BCUT2D eigenvalue weighted by atomic mass is 9.87. The highest BCUT2D eigenvalue weighted by molar-refractivity contribution is 5.81. The smallest absolute Gasteiger partial charge is 0.405 e. The van der Waals surface area contributed by atoms with Gasteiger partial charge in [-0.15, -0.1) is 0 Å². The third kappa shape index (κ3) is 4.40. The summed E-state index contributed by atoms with van der Waals surface area (Å²) in [5, 5.41) is 36.0. The Bertz CT molecular complexity index is 873. The predicted octanol–water partition coefficient (Wildman–Crippen LogP) is 3.22. The third-order valence-corrected chi connectivity index (χ3v) is 5.39. The Morgan fingerprint density at radius 2 is 2.07 bits per heavy atom. The van der Waals surface area contributed by atoms with Gasteiger partial charge in [-0.25, -0.2) is 4.79 Å². The van der Waals surface area contributed by atoms with Gasteiger partial charge in [-0.1, -0.05) is 0 Å². The molecule has 0 atom stereocenters. The maximum Gasteiger partial charge on any atom is 0.405 e. The molecule has 0 radical (unpaired) electrons. The number of amides is 1. The van der Waals surface area contributed by atoms with Crippen molar-refractivity contribution in [1.82, 2.24) is 15.1 Å². The number of nitrogens with one attached hydrogen (secondary N) is 1. The molecule has 7 heteroatoms. The number of aliphatic hydroxyl groups excluding tert-OH is 1. The number of aromatic nitrogens is 2. The van der Waals surface area contributed by atoms with E-state index in [0.717, 1.165) is 42.1 Å². The topological polar surface area (TPSA) is 111 Å². The second kappa shape index (κ2) is 7.57. The SMILES string of the molecule is CC(C)(Cc1cc2cn(C3CCC(CO)CC3)nc2cc1C#N)NC(=O)O. The van der Waals surface area contributed by atoms with Crippen LogP contribution < -0.4 is 5.32 Å². The highest BCUT2D eigenvalue weighted by Gasteiger charge is 2.25. The Balaban J connectivity index is 1.87. The summed E-state index contributed by atoms with van der Waals surface area (Å²) in [5.41, 5.74) is 1.44. The minimum absolute atomic E-state index is 0.253. The van der Waals surface area contributed by atoms with Crippen LogP contribution in [0.15, 0.2) is 18.3 Å². The molecule has 1 aliphatic carbocycles. The van der Waals surface area contributed by atoms with Gasteiger partial charge in [0.15, 0.2) is 0 Å². The van der Waals surface area contributed by atoms with Gasteiger partial charge in [-0.05, 0) is 69.6 Å². The van der Waals surface area contributed by atoms with Gasteiger partial charge in [0.1, 0.15) is 0 Å². The summed E-state index contributed by atoms with van der Waals surface area (Å²) in [4.78, 5) is 11.0. The Hall–Kier alpha value is -2.59. The number of carbonyl (C=O) groups is 1. The lowest BCUT2D eigenvalue weighted by molar-refractivity contribution is 0.165. The van der Waals surface area contributed by atoms with Gasteiger partial charge in [-0.3, -0.25) is 4.68 Å². The summed E-state index contributed by atoms with van der Waals surface area (Å²) in [6.45, 7) is 3.86. The Kier molecular flexibility index (Phi) is 5.38. The van der Waals surface area contributed by atoms with Crippen molar-refractivity contribution in [3.63, 3.8) is 0 Å². The zero-order valence-corrected chi connectivity index (χ0v) is 15.8. The Labute approximate surface area is 158 Å². The van der Waals surface area contributed by atoms with E-state index in [9.17, 15) is 15.2 Å². The monoisotopic (exact) mass is 370 g/mol. The van der Waals surface area contributed by atoms with Crippen molar-refractivity contribution in [2.24, 2.45) is 5.92 Å². The van der Waals surface area contributed by atoms with Crippen LogP contribution in [0.2, 0.25) is 0 Å². The van der Waals surface area contributed by atoms with Gasteiger partial charge in [0.25, 0.3) is 0 Å². The first-order valence-electron chi connectivity index (χ1n) is 9.35.